The minimum absolute atomic E-state index is 0.286. The Bertz CT molecular complexity index is 614. The summed E-state index contributed by atoms with van der Waals surface area (Å²) in [6, 6.07) is 13.4. The van der Waals surface area contributed by atoms with Crippen molar-refractivity contribution in [1.29, 1.82) is 0 Å². The van der Waals surface area contributed by atoms with E-state index in [1.165, 1.54) is 10.6 Å². The van der Waals surface area contributed by atoms with Crippen molar-refractivity contribution in [1.82, 2.24) is 15.4 Å². The minimum Gasteiger partial charge on any atom is -0.332 e. The van der Waals surface area contributed by atoms with Gasteiger partial charge in [-0.15, -0.1) is 0 Å². The van der Waals surface area contributed by atoms with Crippen molar-refractivity contribution < 1.29 is 9.63 Å². The Morgan fingerprint density at radius 1 is 1.22 bits per heavy atom. The van der Waals surface area contributed by atoms with Crippen LogP contribution in [-0.2, 0) is 17.8 Å². The molecule has 1 atom stereocenters. The van der Waals surface area contributed by atoms with E-state index in [1.54, 1.807) is 7.05 Å². The first-order valence-electron chi connectivity index (χ1n) is 7.77. The van der Waals surface area contributed by atoms with Crippen molar-refractivity contribution in [2.75, 3.05) is 7.05 Å². The van der Waals surface area contributed by atoms with E-state index in [-0.39, 0.29) is 12.1 Å². The molecule has 1 aromatic heterocycles. The number of hydrogen-bond acceptors (Lipinski definition) is 3. The van der Waals surface area contributed by atoms with E-state index in [9.17, 15) is 4.79 Å². The summed E-state index contributed by atoms with van der Waals surface area (Å²) in [7, 11) is 1.59. The van der Waals surface area contributed by atoms with E-state index in [4.69, 9.17) is 4.84 Å². The van der Waals surface area contributed by atoms with Crippen LogP contribution in [0, 0.1) is 0 Å². The number of hydroxylamine groups is 2. The number of aromatic nitrogens is 1. The number of amides is 2. The number of carbonyl (C=O) groups is 1. The average molecular weight is 313 g/mol. The van der Waals surface area contributed by atoms with Gasteiger partial charge in [0.1, 0.15) is 6.10 Å². The zero-order valence-electron chi connectivity index (χ0n) is 13.8. The van der Waals surface area contributed by atoms with Gasteiger partial charge < -0.3 is 5.32 Å². The Morgan fingerprint density at radius 2 is 1.96 bits per heavy atom. The van der Waals surface area contributed by atoms with Gasteiger partial charge in [0.2, 0.25) is 0 Å². The normalized spacial score (nSPS) is 11.8. The number of nitrogens with one attached hydrogen (secondary N) is 1. The average Bonchev–Trinajstić information content (AvgIpc) is 2.60. The molecule has 1 heterocycles. The van der Waals surface area contributed by atoms with Crippen LogP contribution in [0.15, 0.2) is 48.7 Å². The highest BCUT2D eigenvalue weighted by Crippen LogP contribution is 2.16. The van der Waals surface area contributed by atoms with Gasteiger partial charge >= 0.3 is 6.03 Å². The lowest BCUT2D eigenvalue weighted by Crippen LogP contribution is -2.37. The molecule has 1 unspecified atom stereocenters. The molecule has 1 N–H and O–H groups in total. The summed E-state index contributed by atoms with van der Waals surface area (Å²) < 4.78 is 0. The third kappa shape index (κ3) is 5.07. The van der Waals surface area contributed by atoms with Crippen molar-refractivity contribution in [3.63, 3.8) is 0 Å². The van der Waals surface area contributed by atoms with Gasteiger partial charge in [-0.1, -0.05) is 43.3 Å². The number of urea groups is 1. The van der Waals surface area contributed by atoms with Crippen molar-refractivity contribution in [3.8, 4) is 0 Å². The largest absolute Gasteiger partial charge is 0.341 e. The van der Waals surface area contributed by atoms with Crippen LogP contribution < -0.4 is 5.32 Å². The topological polar surface area (TPSA) is 54.5 Å². The van der Waals surface area contributed by atoms with E-state index in [1.807, 2.05) is 55.6 Å². The van der Waals surface area contributed by atoms with Crippen LogP contribution in [-0.4, -0.2) is 23.1 Å². The zero-order valence-corrected chi connectivity index (χ0v) is 13.8. The molecule has 23 heavy (non-hydrogen) atoms. The third-order valence-electron chi connectivity index (χ3n) is 3.56. The predicted molar refractivity (Wildman–Crippen MR) is 89.6 cm³/mol. The second-order valence-corrected chi connectivity index (χ2v) is 5.33. The van der Waals surface area contributed by atoms with Crippen LogP contribution in [0.5, 0.6) is 0 Å². The number of aryl methyl sites for hydroxylation is 1. The van der Waals surface area contributed by atoms with Crippen molar-refractivity contribution in [2.45, 2.75) is 32.9 Å². The Morgan fingerprint density at radius 3 is 2.57 bits per heavy atom. The van der Waals surface area contributed by atoms with E-state index < -0.39 is 0 Å². The second kappa shape index (κ2) is 8.29. The quantitative estimate of drug-likeness (QED) is 0.831. The number of rotatable bonds is 6. The Kier molecular flexibility index (Phi) is 6.11. The number of carbonyl (C=O) groups excluding carboxylic acids is 1. The summed E-state index contributed by atoms with van der Waals surface area (Å²) in [5, 5.41) is 4.03. The molecular weight excluding hydrogens is 290 g/mol. The summed E-state index contributed by atoms with van der Waals surface area (Å²) >= 11 is 0. The molecule has 0 spiro atoms. The molecule has 2 amide bonds. The first kappa shape index (κ1) is 17.0. The highest BCUT2D eigenvalue weighted by molar-refractivity contribution is 5.72. The molecule has 0 fully saturated rings. The summed E-state index contributed by atoms with van der Waals surface area (Å²) in [4.78, 5) is 22.0. The maximum Gasteiger partial charge on any atom is 0.341 e. The maximum atomic E-state index is 12.1. The van der Waals surface area contributed by atoms with Crippen molar-refractivity contribution >= 4 is 6.03 Å². The van der Waals surface area contributed by atoms with E-state index in [0.717, 1.165) is 17.7 Å². The van der Waals surface area contributed by atoms with Crippen LogP contribution in [0.1, 0.15) is 36.8 Å². The number of pyridine rings is 1. The molecule has 5 heteroatoms. The van der Waals surface area contributed by atoms with Crippen LogP contribution >= 0.6 is 0 Å². The molecule has 2 rings (SSSR count). The van der Waals surface area contributed by atoms with Crippen molar-refractivity contribution in [2.24, 2.45) is 0 Å². The number of nitrogens with zero attached hydrogens (tertiary/aromatic N) is 2. The summed E-state index contributed by atoms with van der Waals surface area (Å²) in [5.74, 6) is 0. The summed E-state index contributed by atoms with van der Waals surface area (Å²) in [6.07, 6.45) is 2.49. The fraction of sp³-hybridized carbons (Fsp3) is 0.333. The monoisotopic (exact) mass is 313 g/mol. The molecule has 0 saturated carbocycles. The van der Waals surface area contributed by atoms with Crippen LogP contribution in [0.3, 0.4) is 0 Å². The van der Waals surface area contributed by atoms with Gasteiger partial charge in [0.15, 0.2) is 0 Å². The lowest BCUT2D eigenvalue weighted by atomic mass is 10.2. The third-order valence-corrected chi connectivity index (χ3v) is 3.56. The standard InChI is InChI=1S/C18H23N3O2/c1-4-15-10-11-17(19-12-15)14(2)23-21(3)18(22)20-13-16-8-6-5-7-9-16/h5-12,14H,4,13H2,1-3H3,(H,20,22). The molecular formula is C18H23N3O2. The fourth-order valence-electron chi connectivity index (χ4n) is 2.11. The fourth-order valence-corrected chi connectivity index (χ4v) is 2.11. The van der Waals surface area contributed by atoms with E-state index in [2.05, 4.69) is 17.2 Å². The van der Waals surface area contributed by atoms with Gasteiger partial charge in [0, 0.05) is 19.8 Å². The molecule has 5 nitrogen and oxygen atoms in total. The van der Waals surface area contributed by atoms with Crippen LogP contribution in [0.25, 0.3) is 0 Å². The smallest absolute Gasteiger partial charge is 0.332 e. The van der Waals surface area contributed by atoms with E-state index in [0.29, 0.717) is 6.54 Å². The first-order chi connectivity index (χ1) is 11.1. The lowest BCUT2D eigenvalue weighted by Gasteiger charge is -2.21. The molecule has 2 aromatic rings. The first-order valence-corrected chi connectivity index (χ1v) is 7.77. The van der Waals surface area contributed by atoms with Gasteiger partial charge in [-0.3, -0.25) is 9.82 Å². The Balaban J connectivity index is 1.84. The van der Waals surface area contributed by atoms with Gasteiger partial charge in [0.25, 0.3) is 0 Å². The molecule has 122 valence electrons. The lowest BCUT2D eigenvalue weighted by molar-refractivity contribution is -0.141. The molecule has 0 aliphatic rings. The second-order valence-electron chi connectivity index (χ2n) is 5.33. The predicted octanol–water partition coefficient (Wildman–Crippen LogP) is 3.48. The van der Waals surface area contributed by atoms with Crippen LogP contribution in [0.4, 0.5) is 4.79 Å². The maximum absolute atomic E-state index is 12.1. The summed E-state index contributed by atoms with van der Waals surface area (Å²) in [6.45, 7) is 4.42. The Labute approximate surface area is 137 Å². The highest BCUT2D eigenvalue weighted by atomic mass is 16.7. The van der Waals surface area contributed by atoms with Gasteiger partial charge in [0.05, 0.1) is 5.69 Å². The molecule has 0 radical (unpaired) electrons. The SMILES string of the molecule is CCc1ccc(C(C)ON(C)C(=O)NCc2ccccc2)nc1. The Hall–Kier alpha value is -2.40. The van der Waals surface area contributed by atoms with Crippen LogP contribution in [0.2, 0.25) is 0 Å². The van der Waals surface area contributed by atoms with Gasteiger partial charge in [-0.2, -0.15) is 0 Å². The highest BCUT2D eigenvalue weighted by Gasteiger charge is 2.15. The van der Waals surface area contributed by atoms with Gasteiger partial charge in [-0.05, 0) is 30.5 Å². The van der Waals surface area contributed by atoms with E-state index >= 15 is 0 Å². The number of hydrogen-bond donors (Lipinski definition) is 1. The molecule has 0 saturated heterocycles. The molecule has 1 aromatic carbocycles. The molecule has 0 aliphatic carbocycles. The minimum atomic E-state index is -0.298. The molecule has 0 bridgehead atoms. The molecule has 0 aliphatic heterocycles. The van der Waals surface area contributed by atoms with Crippen molar-refractivity contribution in [3.05, 3.63) is 65.5 Å². The van der Waals surface area contributed by atoms with Gasteiger partial charge in [-0.25, -0.2) is 9.86 Å². The number of benzene rings is 1. The zero-order chi connectivity index (χ0) is 16.7. The summed E-state index contributed by atoms with van der Waals surface area (Å²) in [5.41, 5.74) is 3.01.